The van der Waals surface area contributed by atoms with Gasteiger partial charge in [-0.3, -0.25) is 9.89 Å². The van der Waals surface area contributed by atoms with Gasteiger partial charge in [0.15, 0.2) is 0 Å². The molecule has 110 valence electrons. The third-order valence-corrected chi connectivity index (χ3v) is 2.70. The Morgan fingerprint density at radius 3 is 2.81 bits per heavy atom. The number of aromatic hydroxyl groups is 1. The van der Waals surface area contributed by atoms with E-state index in [-0.39, 0.29) is 22.8 Å². The van der Waals surface area contributed by atoms with Gasteiger partial charge in [0.1, 0.15) is 11.6 Å². The van der Waals surface area contributed by atoms with Gasteiger partial charge in [-0.1, -0.05) is 6.92 Å². The summed E-state index contributed by atoms with van der Waals surface area (Å²) in [5, 5.41) is 27.2. The molecule has 1 aromatic heterocycles. The number of anilines is 1. The van der Waals surface area contributed by atoms with Gasteiger partial charge in [0.2, 0.25) is 5.82 Å². The number of rotatable bonds is 5. The highest BCUT2D eigenvalue weighted by Gasteiger charge is 2.17. The number of aromatic nitrogens is 3. The van der Waals surface area contributed by atoms with Gasteiger partial charge in [-0.05, 0) is 24.6 Å². The summed E-state index contributed by atoms with van der Waals surface area (Å²) in [6, 6.07) is 3.64. The minimum absolute atomic E-state index is 0.0622. The molecule has 0 saturated heterocycles. The van der Waals surface area contributed by atoms with E-state index in [9.17, 15) is 14.7 Å². The number of aromatic amines is 1. The minimum atomic E-state index is -1.26. The normalized spacial score (nSPS) is 10.3. The molecule has 1 heterocycles. The molecule has 1 amide bonds. The van der Waals surface area contributed by atoms with Crippen molar-refractivity contribution in [1.82, 2.24) is 15.2 Å². The van der Waals surface area contributed by atoms with E-state index in [1.54, 1.807) is 0 Å². The van der Waals surface area contributed by atoms with E-state index >= 15 is 0 Å². The van der Waals surface area contributed by atoms with Crippen molar-refractivity contribution in [3.8, 4) is 5.75 Å². The highest BCUT2D eigenvalue weighted by molar-refractivity contribution is 6.06. The van der Waals surface area contributed by atoms with E-state index in [2.05, 4.69) is 20.5 Å². The Morgan fingerprint density at radius 2 is 2.14 bits per heavy atom. The van der Waals surface area contributed by atoms with Crippen molar-refractivity contribution < 1.29 is 19.8 Å². The number of phenols is 1. The fourth-order valence-electron chi connectivity index (χ4n) is 1.74. The van der Waals surface area contributed by atoms with Crippen LogP contribution in [-0.2, 0) is 6.42 Å². The molecule has 0 spiro atoms. The summed E-state index contributed by atoms with van der Waals surface area (Å²) >= 11 is 0. The lowest BCUT2D eigenvalue weighted by molar-refractivity contribution is 0.0697. The standard InChI is InChI=1S/C13H14N4O4/c1-2-3-10-15-11(17-16-10)12(19)14-9-5-4-7(18)6-8(9)13(20)21/h4-6,18H,2-3H2,1H3,(H,14,19)(H,20,21)(H,15,16,17). The van der Waals surface area contributed by atoms with Crippen LogP contribution in [0.1, 0.15) is 40.1 Å². The van der Waals surface area contributed by atoms with Gasteiger partial charge in [0.05, 0.1) is 11.3 Å². The number of carbonyl (C=O) groups excluding carboxylic acids is 1. The number of carboxylic acid groups (broad SMARTS) is 1. The Labute approximate surface area is 119 Å². The van der Waals surface area contributed by atoms with Gasteiger partial charge >= 0.3 is 5.97 Å². The highest BCUT2D eigenvalue weighted by Crippen LogP contribution is 2.21. The average molecular weight is 290 g/mol. The summed E-state index contributed by atoms with van der Waals surface area (Å²) in [6.07, 6.45) is 1.53. The number of hydrogen-bond acceptors (Lipinski definition) is 5. The first-order valence-corrected chi connectivity index (χ1v) is 6.30. The Kier molecular flexibility index (Phi) is 4.17. The van der Waals surface area contributed by atoms with Crippen molar-refractivity contribution in [3.05, 3.63) is 35.4 Å². The van der Waals surface area contributed by atoms with Crippen molar-refractivity contribution >= 4 is 17.6 Å². The molecule has 2 rings (SSSR count). The summed E-state index contributed by atoms with van der Waals surface area (Å²) in [5.74, 6) is -1.56. The number of aromatic carboxylic acids is 1. The lowest BCUT2D eigenvalue weighted by Crippen LogP contribution is -2.16. The Morgan fingerprint density at radius 1 is 1.38 bits per heavy atom. The Hall–Kier alpha value is -2.90. The van der Waals surface area contributed by atoms with Gasteiger partial charge in [0, 0.05) is 6.42 Å². The van der Waals surface area contributed by atoms with Crippen LogP contribution in [0.15, 0.2) is 18.2 Å². The molecule has 0 unspecified atom stereocenters. The van der Waals surface area contributed by atoms with Crippen molar-refractivity contribution in [1.29, 1.82) is 0 Å². The molecule has 0 aliphatic rings. The maximum Gasteiger partial charge on any atom is 0.337 e. The summed E-state index contributed by atoms with van der Waals surface area (Å²) in [6.45, 7) is 1.97. The highest BCUT2D eigenvalue weighted by atomic mass is 16.4. The van der Waals surface area contributed by atoms with Gasteiger partial charge in [-0.25, -0.2) is 9.78 Å². The first-order chi connectivity index (χ1) is 10.0. The molecule has 0 fully saturated rings. The number of nitrogens with one attached hydrogen (secondary N) is 2. The maximum atomic E-state index is 12.0. The van der Waals surface area contributed by atoms with Crippen LogP contribution < -0.4 is 5.32 Å². The smallest absolute Gasteiger partial charge is 0.337 e. The predicted molar refractivity (Wildman–Crippen MR) is 73.4 cm³/mol. The number of benzene rings is 1. The predicted octanol–water partition coefficient (Wildman–Crippen LogP) is 1.41. The molecular formula is C13H14N4O4. The number of carboxylic acids is 1. The van der Waals surface area contributed by atoms with Crippen LogP contribution in [0, 0.1) is 0 Å². The topological polar surface area (TPSA) is 128 Å². The Balaban J connectivity index is 2.20. The second kappa shape index (κ2) is 6.04. The number of nitrogens with zero attached hydrogens (tertiary/aromatic N) is 2. The van der Waals surface area contributed by atoms with Crippen LogP contribution in [-0.4, -0.2) is 37.3 Å². The van der Waals surface area contributed by atoms with Crippen molar-refractivity contribution in [2.24, 2.45) is 0 Å². The van der Waals surface area contributed by atoms with E-state index in [1.165, 1.54) is 12.1 Å². The molecule has 4 N–H and O–H groups in total. The molecule has 0 aliphatic heterocycles. The van der Waals surface area contributed by atoms with E-state index < -0.39 is 11.9 Å². The molecule has 1 aromatic carbocycles. The molecule has 2 aromatic rings. The zero-order valence-electron chi connectivity index (χ0n) is 11.3. The number of carbonyl (C=O) groups is 2. The second-order valence-corrected chi connectivity index (χ2v) is 4.34. The van der Waals surface area contributed by atoms with E-state index in [4.69, 9.17) is 5.11 Å². The molecule has 0 bridgehead atoms. The first kappa shape index (κ1) is 14.5. The van der Waals surface area contributed by atoms with E-state index in [0.717, 1.165) is 12.5 Å². The van der Waals surface area contributed by atoms with Crippen LogP contribution in [0.5, 0.6) is 5.75 Å². The van der Waals surface area contributed by atoms with Crippen LogP contribution in [0.3, 0.4) is 0 Å². The minimum Gasteiger partial charge on any atom is -0.508 e. The quantitative estimate of drug-likeness (QED) is 0.616. The van der Waals surface area contributed by atoms with Crippen LogP contribution in [0.2, 0.25) is 0 Å². The second-order valence-electron chi connectivity index (χ2n) is 4.34. The van der Waals surface area contributed by atoms with Gasteiger partial charge in [0.25, 0.3) is 5.91 Å². The average Bonchev–Trinajstić information content (AvgIpc) is 2.89. The summed E-state index contributed by atoms with van der Waals surface area (Å²) in [7, 11) is 0. The number of H-pyrrole nitrogens is 1. The SMILES string of the molecule is CCCc1nc(C(=O)Nc2ccc(O)cc2C(=O)O)n[nH]1. The lowest BCUT2D eigenvalue weighted by Gasteiger charge is -2.07. The monoisotopic (exact) mass is 290 g/mol. The Bertz CT molecular complexity index is 681. The van der Waals surface area contributed by atoms with Crippen LogP contribution in [0.25, 0.3) is 0 Å². The van der Waals surface area contributed by atoms with E-state index in [0.29, 0.717) is 12.2 Å². The number of phenolic OH excluding ortho intramolecular Hbond substituents is 1. The van der Waals surface area contributed by atoms with Crippen molar-refractivity contribution in [2.45, 2.75) is 19.8 Å². The summed E-state index contributed by atoms with van der Waals surface area (Å²) in [5.41, 5.74) is -0.153. The molecular weight excluding hydrogens is 276 g/mol. The first-order valence-electron chi connectivity index (χ1n) is 6.30. The molecule has 0 radical (unpaired) electrons. The molecule has 0 saturated carbocycles. The number of amides is 1. The zero-order chi connectivity index (χ0) is 15.4. The van der Waals surface area contributed by atoms with Gasteiger partial charge in [-0.2, -0.15) is 0 Å². The van der Waals surface area contributed by atoms with Crippen LogP contribution >= 0.6 is 0 Å². The third kappa shape index (κ3) is 3.35. The summed E-state index contributed by atoms with van der Waals surface area (Å²) in [4.78, 5) is 27.1. The molecule has 0 atom stereocenters. The molecule has 8 nitrogen and oxygen atoms in total. The van der Waals surface area contributed by atoms with Crippen LogP contribution in [0.4, 0.5) is 5.69 Å². The number of aryl methyl sites for hydroxylation is 1. The van der Waals surface area contributed by atoms with Gasteiger partial charge in [-0.15, -0.1) is 5.10 Å². The molecule has 8 heteroatoms. The lowest BCUT2D eigenvalue weighted by atomic mass is 10.1. The van der Waals surface area contributed by atoms with Crippen molar-refractivity contribution in [2.75, 3.05) is 5.32 Å². The zero-order valence-corrected chi connectivity index (χ0v) is 11.3. The fourth-order valence-corrected chi connectivity index (χ4v) is 1.74. The van der Waals surface area contributed by atoms with Gasteiger partial charge < -0.3 is 15.5 Å². The largest absolute Gasteiger partial charge is 0.508 e. The maximum absolute atomic E-state index is 12.0. The number of hydrogen-bond donors (Lipinski definition) is 4. The van der Waals surface area contributed by atoms with E-state index in [1.807, 2.05) is 6.92 Å². The summed E-state index contributed by atoms with van der Waals surface area (Å²) < 4.78 is 0. The van der Waals surface area contributed by atoms with Crippen molar-refractivity contribution in [3.63, 3.8) is 0 Å². The third-order valence-electron chi connectivity index (χ3n) is 2.70. The molecule has 21 heavy (non-hydrogen) atoms. The fraction of sp³-hybridized carbons (Fsp3) is 0.231. The molecule has 0 aliphatic carbocycles.